The molecule has 1 aromatic rings. The predicted molar refractivity (Wildman–Crippen MR) is 81.5 cm³/mol. The SMILES string of the molecule is CCC(NC(C)C(CO)SC)c1ccc(Cl)cc1. The maximum absolute atomic E-state index is 9.31. The molecule has 0 radical (unpaired) electrons. The van der Waals surface area contributed by atoms with Crippen molar-refractivity contribution in [1.29, 1.82) is 0 Å². The highest BCUT2D eigenvalue weighted by atomic mass is 35.5. The average Bonchev–Trinajstić information content (AvgIpc) is 2.38. The van der Waals surface area contributed by atoms with Gasteiger partial charge >= 0.3 is 0 Å². The molecule has 2 N–H and O–H groups in total. The van der Waals surface area contributed by atoms with Gasteiger partial charge in [0.25, 0.3) is 0 Å². The molecular formula is C14H22ClNOS. The van der Waals surface area contributed by atoms with Gasteiger partial charge in [0.2, 0.25) is 0 Å². The second-order valence-electron chi connectivity index (χ2n) is 4.42. The largest absolute Gasteiger partial charge is 0.395 e. The minimum Gasteiger partial charge on any atom is -0.395 e. The van der Waals surface area contributed by atoms with Gasteiger partial charge in [-0.25, -0.2) is 0 Å². The van der Waals surface area contributed by atoms with Crippen LogP contribution in [0.5, 0.6) is 0 Å². The molecule has 3 unspecified atom stereocenters. The van der Waals surface area contributed by atoms with Crippen LogP contribution in [0.15, 0.2) is 24.3 Å². The Morgan fingerprint density at radius 2 is 1.94 bits per heavy atom. The molecule has 0 aliphatic heterocycles. The van der Waals surface area contributed by atoms with Crippen LogP contribution < -0.4 is 5.32 Å². The summed E-state index contributed by atoms with van der Waals surface area (Å²) in [6.07, 6.45) is 3.04. The molecular weight excluding hydrogens is 266 g/mol. The Labute approximate surface area is 119 Å². The number of aliphatic hydroxyl groups is 1. The summed E-state index contributed by atoms with van der Waals surface area (Å²) in [5, 5.41) is 13.9. The van der Waals surface area contributed by atoms with Crippen LogP contribution in [0.25, 0.3) is 0 Å². The van der Waals surface area contributed by atoms with Crippen LogP contribution in [0.2, 0.25) is 5.02 Å². The van der Waals surface area contributed by atoms with Crippen molar-refractivity contribution in [2.24, 2.45) is 0 Å². The van der Waals surface area contributed by atoms with Gasteiger partial charge in [-0.1, -0.05) is 30.7 Å². The predicted octanol–water partition coefficient (Wildman–Crippen LogP) is 3.49. The van der Waals surface area contributed by atoms with Crippen LogP contribution in [0.4, 0.5) is 0 Å². The number of benzene rings is 1. The van der Waals surface area contributed by atoms with Gasteiger partial charge in [0.15, 0.2) is 0 Å². The third-order valence-electron chi connectivity index (χ3n) is 3.19. The van der Waals surface area contributed by atoms with E-state index in [2.05, 4.69) is 31.3 Å². The fraction of sp³-hybridized carbons (Fsp3) is 0.571. The summed E-state index contributed by atoms with van der Waals surface area (Å²) in [4.78, 5) is 0. The summed E-state index contributed by atoms with van der Waals surface area (Å²) in [6, 6.07) is 8.53. The second-order valence-corrected chi connectivity index (χ2v) is 5.94. The molecule has 0 bridgehead atoms. The summed E-state index contributed by atoms with van der Waals surface area (Å²) < 4.78 is 0. The minimum atomic E-state index is 0.201. The molecule has 1 rings (SSSR count). The van der Waals surface area contributed by atoms with Gasteiger partial charge in [-0.05, 0) is 37.3 Å². The molecule has 0 heterocycles. The van der Waals surface area contributed by atoms with E-state index in [-0.39, 0.29) is 17.9 Å². The van der Waals surface area contributed by atoms with E-state index in [0.717, 1.165) is 11.4 Å². The number of hydrogen-bond acceptors (Lipinski definition) is 3. The topological polar surface area (TPSA) is 32.3 Å². The maximum atomic E-state index is 9.31. The monoisotopic (exact) mass is 287 g/mol. The van der Waals surface area contributed by atoms with Crippen LogP contribution in [-0.4, -0.2) is 29.3 Å². The van der Waals surface area contributed by atoms with Crippen LogP contribution in [0.1, 0.15) is 31.9 Å². The van der Waals surface area contributed by atoms with E-state index in [1.807, 2.05) is 18.4 Å². The first-order chi connectivity index (χ1) is 8.62. The number of rotatable bonds is 7. The molecule has 18 heavy (non-hydrogen) atoms. The lowest BCUT2D eigenvalue weighted by molar-refractivity contribution is 0.269. The van der Waals surface area contributed by atoms with Crippen molar-refractivity contribution < 1.29 is 5.11 Å². The summed E-state index contributed by atoms with van der Waals surface area (Å²) in [5.41, 5.74) is 1.24. The number of halogens is 1. The van der Waals surface area contributed by atoms with E-state index >= 15 is 0 Å². The molecule has 0 fully saturated rings. The highest BCUT2D eigenvalue weighted by Gasteiger charge is 2.19. The Morgan fingerprint density at radius 1 is 1.33 bits per heavy atom. The quantitative estimate of drug-likeness (QED) is 0.805. The lowest BCUT2D eigenvalue weighted by Crippen LogP contribution is -2.39. The van der Waals surface area contributed by atoms with Crippen LogP contribution in [0.3, 0.4) is 0 Å². The van der Waals surface area contributed by atoms with Gasteiger partial charge in [-0.15, -0.1) is 0 Å². The van der Waals surface area contributed by atoms with Crippen LogP contribution in [-0.2, 0) is 0 Å². The molecule has 0 aromatic heterocycles. The lowest BCUT2D eigenvalue weighted by Gasteiger charge is -2.27. The van der Waals surface area contributed by atoms with E-state index in [9.17, 15) is 5.11 Å². The molecule has 0 spiro atoms. The van der Waals surface area contributed by atoms with Crippen molar-refractivity contribution in [3.8, 4) is 0 Å². The van der Waals surface area contributed by atoms with Gasteiger partial charge < -0.3 is 10.4 Å². The Hall–Kier alpha value is -0.220. The standard InChI is InChI=1S/C14H22ClNOS/c1-4-13(11-5-7-12(15)8-6-11)16-10(2)14(9-17)18-3/h5-8,10,13-14,16-17H,4,9H2,1-3H3. The molecule has 4 heteroatoms. The molecule has 0 aliphatic carbocycles. The van der Waals surface area contributed by atoms with Crippen molar-refractivity contribution in [3.63, 3.8) is 0 Å². The third kappa shape index (κ3) is 4.47. The minimum absolute atomic E-state index is 0.201. The fourth-order valence-electron chi connectivity index (χ4n) is 2.01. The van der Waals surface area contributed by atoms with Gasteiger partial charge in [-0.3, -0.25) is 0 Å². The highest BCUT2D eigenvalue weighted by molar-refractivity contribution is 7.99. The van der Waals surface area contributed by atoms with E-state index in [0.29, 0.717) is 6.04 Å². The van der Waals surface area contributed by atoms with Crippen molar-refractivity contribution in [2.45, 2.75) is 37.6 Å². The zero-order valence-electron chi connectivity index (χ0n) is 11.2. The molecule has 1 aromatic carbocycles. The van der Waals surface area contributed by atoms with Crippen molar-refractivity contribution >= 4 is 23.4 Å². The van der Waals surface area contributed by atoms with Crippen LogP contribution >= 0.6 is 23.4 Å². The number of aliphatic hydroxyl groups excluding tert-OH is 1. The number of nitrogens with one attached hydrogen (secondary N) is 1. The summed E-state index contributed by atoms with van der Waals surface area (Å²) >= 11 is 7.60. The first kappa shape index (κ1) is 15.8. The molecule has 102 valence electrons. The fourth-order valence-corrected chi connectivity index (χ4v) is 2.77. The smallest absolute Gasteiger partial charge is 0.0564 e. The van der Waals surface area contributed by atoms with Gasteiger partial charge in [0, 0.05) is 22.4 Å². The van der Waals surface area contributed by atoms with Crippen molar-refractivity contribution in [2.75, 3.05) is 12.9 Å². The van der Waals surface area contributed by atoms with E-state index < -0.39 is 0 Å². The summed E-state index contributed by atoms with van der Waals surface area (Å²) in [7, 11) is 0. The normalized spacial score (nSPS) is 16.3. The number of hydrogen-bond donors (Lipinski definition) is 2. The highest BCUT2D eigenvalue weighted by Crippen LogP contribution is 2.21. The molecule has 0 aliphatic rings. The Kier molecular flexibility index (Phi) is 7.08. The van der Waals surface area contributed by atoms with Crippen molar-refractivity contribution in [1.82, 2.24) is 5.32 Å². The molecule has 3 atom stereocenters. The maximum Gasteiger partial charge on any atom is 0.0564 e. The van der Waals surface area contributed by atoms with Crippen molar-refractivity contribution in [3.05, 3.63) is 34.9 Å². The van der Waals surface area contributed by atoms with Crippen LogP contribution in [0, 0.1) is 0 Å². The zero-order valence-corrected chi connectivity index (χ0v) is 12.8. The molecule has 0 amide bonds. The zero-order chi connectivity index (χ0) is 13.5. The van der Waals surface area contributed by atoms with E-state index in [1.54, 1.807) is 11.8 Å². The molecule has 0 saturated heterocycles. The Bertz CT molecular complexity index is 340. The van der Waals surface area contributed by atoms with Gasteiger partial charge in [0.05, 0.1) is 6.61 Å². The van der Waals surface area contributed by atoms with E-state index in [1.165, 1.54) is 5.56 Å². The third-order valence-corrected chi connectivity index (χ3v) is 4.60. The van der Waals surface area contributed by atoms with E-state index in [4.69, 9.17) is 11.6 Å². The Morgan fingerprint density at radius 3 is 2.39 bits per heavy atom. The second kappa shape index (κ2) is 8.05. The summed E-state index contributed by atoms with van der Waals surface area (Å²) in [6.45, 7) is 4.48. The van der Waals surface area contributed by atoms with Gasteiger partial charge in [0.1, 0.15) is 0 Å². The molecule has 0 saturated carbocycles. The number of thioether (sulfide) groups is 1. The first-order valence-electron chi connectivity index (χ1n) is 6.27. The van der Waals surface area contributed by atoms with Gasteiger partial charge in [-0.2, -0.15) is 11.8 Å². The Balaban J connectivity index is 2.69. The first-order valence-corrected chi connectivity index (χ1v) is 7.94. The lowest BCUT2D eigenvalue weighted by atomic mass is 10.0. The molecule has 2 nitrogen and oxygen atoms in total. The summed E-state index contributed by atoms with van der Waals surface area (Å²) in [5.74, 6) is 0. The average molecular weight is 288 g/mol.